The van der Waals surface area contributed by atoms with E-state index >= 15 is 0 Å². The summed E-state index contributed by atoms with van der Waals surface area (Å²) < 4.78 is 2.84. The Kier molecular flexibility index (Phi) is 6.79. The fraction of sp³-hybridized carbons (Fsp3) is 0. The molecule has 0 unspecified atom stereocenters. The summed E-state index contributed by atoms with van der Waals surface area (Å²) in [7, 11) is 0. The number of anilines is 2. The lowest BCUT2D eigenvalue weighted by molar-refractivity contribution is 0.253. The van der Waals surface area contributed by atoms with Crippen molar-refractivity contribution in [1.29, 1.82) is 0 Å². The second-order valence-electron chi connectivity index (χ2n) is 6.54. The van der Waals surface area contributed by atoms with Crippen LogP contribution in [0.2, 0.25) is 5.02 Å². The first-order valence-corrected chi connectivity index (χ1v) is 11.0. The van der Waals surface area contributed by atoms with Gasteiger partial charge in [0.15, 0.2) is 5.82 Å². The first-order chi connectivity index (χ1) is 15.5. The molecule has 3 N–H and O–H groups in total. The lowest BCUT2D eigenvalue weighted by Gasteiger charge is -2.16. The second-order valence-corrected chi connectivity index (χ2v) is 8.26. The number of carbonyl (C=O) groups is 1. The summed E-state index contributed by atoms with van der Waals surface area (Å²) in [6, 6.07) is 23.2. The van der Waals surface area contributed by atoms with Gasteiger partial charge in [0.05, 0.1) is 5.69 Å². The van der Waals surface area contributed by atoms with Crippen LogP contribution in [0.25, 0.3) is 17.1 Å². The third-order valence-electron chi connectivity index (χ3n) is 4.32. The quantitative estimate of drug-likeness (QED) is 0.212. The Labute approximate surface area is 202 Å². The van der Waals surface area contributed by atoms with Gasteiger partial charge in [-0.2, -0.15) is 9.97 Å². The summed E-state index contributed by atoms with van der Waals surface area (Å²) in [6.45, 7) is 0. The van der Waals surface area contributed by atoms with Crippen molar-refractivity contribution in [1.82, 2.24) is 20.0 Å². The molecule has 0 saturated heterocycles. The topological polar surface area (TPSA) is 83.9 Å². The van der Waals surface area contributed by atoms with Crippen LogP contribution in [0.1, 0.15) is 0 Å². The normalized spacial score (nSPS) is 10.4. The molecule has 32 heavy (non-hydrogen) atoms. The van der Waals surface area contributed by atoms with Gasteiger partial charge in [0.25, 0.3) is 0 Å². The van der Waals surface area contributed by atoms with Crippen LogP contribution >= 0.6 is 39.7 Å². The summed E-state index contributed by atoms with van der Waals surface area (Å²) in [4.78, 5) is 21.5. The van der Waals surface area contributed by atoms with E-state index in [1.807, 2.05) is 54.6 Å². The van der Waals surface area contributed by atoms with Gasteiger partial charge in [-0.1, -0.05) is 57.9 Å². The smallest absolute Gasteiger partial charge is 0.307 e. The first-order valence-electron chi connectivity index (χ1n) is 9.40. The molecule has 2 amide bonds. The van der Waals surface area contributed by atoms with Gasteiger partial charge in [-0.25, -0.2) is 10.2 Å². The number of benzene rings is 3. The molecular weight excluding hydrogens is 512 g/mol. The zero-order valence-electron chi connectivity index (χ0n) is 16.4. The van der Waals surface area contributed by atoms with Crippen LogP contribution < -0.4 is 16.2 Å². The van der Waals surface area contributed by atoms with Gasteiger partial charge in [0, 0.05) is 20.7 Å². The molecule has 0 spiro atoms. The predicted octanol–water partition coefficient (Wildman–Crippen LogP) is 6.23. The summed E-state index contributed by atoms with van der Waals surface area (Å²) in [6.07, 6.45) is 0. The Morgan fingerprint density at radius 3 is 2.31 bits per heavy atom. The molecule has 160 valence electrons. The summed E-state index contributed by atoms with van der Waals surface area (Å²) in [5.41, 5.74) is 7.57. The van der Waals surface area contributed by atoms with E-state index in [1.165, 1.54) is 0 Å². The van der Waals surface area contributed by atoms with Crippen molar-refractivity contribution < 1.29 is 4.79 Å². The average Bonchev–Trinajstić information content (AvgIpc) is 2.80. The largest absolute Gasteiger partial charge is 0.337 e. The molecule has 0 aliphatic carbocycles. The predicted molar refractivity (Wildman–Crippen MR) is 133 cm³/mol. The molecule has 4 aromatic rings. The van der Waals surface area contributed by atoms with Gasteiger partial charge >= 0.3 is 6.03 Å². The van der Waals surface area contributed by atoms with Crippen molar-refractivity contribution in [2.75, 3.05) is 10.7 Å². The van der Waals surface area contributed by atoms with Gasteiger partial charge in [0.2, 0.25) is 10.7 Å². The van der Waals surface area contributed by atoms with Crippen LogP contribution in [0.5, 0.6) is 0 Å². The highest BCUT2D eigenvalue weighted by molar-refractivity contribution is 9.10. The minimum Gasteiger partial charge on any atom is -0.307 e. The Balaban J connectivity index is 1.65. The van der Waals surface area contributed by atoms with E-state index in [0.29, 0.717) is 22.5 Å². The highest BCUT2D eigenvalue weighted by Gasteiger charge is 2.13. The van der Waals surface area contributed by atoms with Crippen molar-refractivity contribution in [3.05, 3.63) is 93.1 Å². The summed E-state index contributed by atoms with van der Waals surface area (Å²) >= 11 is 14.9. The van der Waals surface area contributed by atoms with E-state index in [9.17, 15) is 4.79 Å². The minimum atomic E-state index is -0.486. The van der Waals surface area contributed by atoms with Crippen LogP contribution in [0.15, 0.2) is 83.3 Å². The second kappa shape index (κ2) is 9.90. The zero-order valence-corrected chi connectivity index (χ0v) is 19.6. The van der Waals surface area contributed by atoms with E-state index in [4.69, 9.17) is 23.8 Å². The SMILES string of the molecule is O=C(NNc1nc(-c2ccccc2)nc(=S)n1-c1ccc(Br)cc1)Nc1ccc(Cl)cc1. The number of aromatic nitrogens is 3. The van der Waals surface area contributed by atoms with Crippen LogP contribution in [0.4, 0.5) is 16.4 Å². The van der Waals surface area contributed by atoms with E-state index in [-0.39, 0.29) is 4.77 Å². The number of hydrazine groups is 1. The van der Waals surface area contributed by atoms with Crippen molar-refractivity contribution in [3.8, 4) is 17.1 Å². The van der Waals surface area contributed by atoms with E-state index in [2.05, 4.69) is 42.1 Å². The third kappa shape index (κ3) is 5.31. The zero-order chi connectivity index (χ0) is 22.5. The van der Waals surface area contributed by atoms with E-state index in [0.717, 1.165) is 15.7 Å². The molecular formula is C22H16BrClN6OS. The molecule has 4 rings (SSSR count). The van der Waals surface area contributed by atoms with Crippen molar-refractivity contribution >= 4 is 57.4 Å². The molecule has 7 nitrogen and oxygen atoms in total. The fourth-order valence-electron chi connectivity index (χ4n) is 2.84. The van der Waals surface area contributed by atoms with Crippen molar-refractivity contribution in [2.45, 2.75) is 0 Å². The van der Waals surface area contributed by atoms with Crippen LogP contribution in [-0.4, -0.2) is 20.6 Å². The van der Waals surface area contributed by atoms with Crippen LogP contribution in [0, 0.1) is 4.77 Å². The molecule has 0 radical (unpaired) electrons. The van der Waals surface area contributed by atoms with E-state index in [1.54, 1.807) is 28.8 Å². The lowest BCUT2D eigenvalue weighted by Crippen LogP contribution is -2.35. The molecule has 3 aromatic carbocycles. The number of hydrogen-bond acceptors (Lipinski definition) is 5. The number of hydrogen-bond donors (Lipinski definition) is 3. The summed E-state index contributed by atoms with van der Waals surface area (Å²) in [5.74, 6) is 0.740. The monoisotopic (exact) mass is 526 g/mol. The molecule has 0 bridgehead atoms. The maximum Gasteiger partial charge on any atom is 0.337 e. The molecule has 0 aliphatic heterocycles. The number of nitrogens with zero attached hydrogens (tertiary/aromatic N) is 3. The minimum absolute atomic E-state index is 0.281. The third-order valence-corrected chi connectivity index (χ3v) is 5.38. The van der Waals surface area contributed by atoms with Crippen molar-refractivity contribution in [2.24, 2.45) is 0 Å². The number of carbonyl (C=O) groups excluding carboxylic acids is 1. The summed E-state index contributed by atoms with van der Waals surface area (Å²) in [5, 5.41) is 3.29. The van der Waals surface area contributed by atoms with Gasteiger partial charge in [-0.15, -0.1) is 0 Å². The Bertz CT molecular complexity index is 1300. The molecule has 10 heteroatoms. The number of halogens is 2. The lowest BCUT2D eigenvalue weighted by atomic mass is 10.2. The van der Waals surface area contributed by atoms with Gasteiger partial charge in [-0.3, -0.25) is 9.99 Å². The molecule has 0 atom stereocenters. The molecule has 1 aromatic heterocycles. The Morgan fingerprint density at radius 1 is 0.938 bits per heavy atom. The van der Waals surface area contributed by atoms with E-state index < -0.39 is 6.03 Å². The van der Waals surface area contributed by atoms with Crippen LogP contribution in [-0.2, 0) is 0 Å². The first kappa shape index (κ1) is 21.9. The maximum absolute atomic E-state index is 12.4. The average molecular weight is 528 g/mol. The standard InChI is InChI=1S/C22H16BrClN6OS/c23-15-6-12-18(13-7-15)30-20(26-19(27-22(30)32)14-4-2-1-3-5-14)28-29-21(31)25-17-10-8-16(24)9-11-17/h1-13H,(H2,25,29,31)(H,26,27,28,32). The molecule has 0 fully saturated rings. The molecule has 0 aliphatic rings. The molecule has 0 saturated carbocycles. The fourth-order valence-corrected chi connectivity index (χ4v) is 3.51. The van der Waals surface area contributed by atoms with Gasteiger partial charge in [-0.05, 0) is 60.7 Å². The van der Waals surface area contributed by atoms with Crippen molar-refractivity contribution in [3.63, 3.8) is 0 Å². The Hall–Kier alpha value is -3.27. The number of rotatable bonds is 5. The Morgan fingerprint density at radius 2 is 1.62 bits per heavy atom. The maximum atomic E-state index is 12.4. The number of urea groups is 1. The van der Waals surface area contributed by atoms with Gasteiger partial charge < -0.3 is 5.32 Å². The van der Waals surface area contributed by atoms with Gasteiger partial charge in [0.1, 0.15) is 0 Å². The highest BCUT2D eigenvalue weighted by atomic mass is 79.9. The van der Waals surface area contributed by atoms with Crippen LogP contribution in [0.3, 0.4) is 0 Å². The number of amides is 2. The highest BCUT2D eigenvalue weighted by Crippen LogP contribution is 2.21. The molecule has 1 heterocycles. The number of nitrogens with one attached hydrogen (secondary N) is 3.